The normalized spacial score (nSPS) is 9.85. The Balaban J connectivity index is 2.14. The largest absolute Gasteiger partial charge is 0.383 e. The molecule has 0 aliphatic rings. The van der Waals surface area contributed by atoms with E-state index in [0.717, 1.165) is 11.1 Å². The van der Waals surface area contributed by atoms with E-state index in [1.165, 1.54) is 17.8 Å². The number of aromatic nitrogens is 2. The molecule has 0 aliphatic heterocycles. The molecule has 0 saturated carbocycles. The molecule has 6 N–H and O–H groups in total. The van der Waals surface area contributed by atoms with Crippen LogP contribution in [0.3, 0.4) is 0 Å². The number of thioether (sulfide) groups is 1. The van der Waals surface area contributed by atoms with Crippen LogP contribution in [0.25, 0.3) is 0 Å². The van der Waals surface area contributed by atoms with Crippen molar-refractivity contribution in [3.05, 3.63) is 41.5 Å². The molecule has 2 aromatic rings. The number of nitrogen functional groups attached to an aromatic ring is 2. The lowest BCUT2D eigenvalue weighted by Crippen LogP contribution is -1.99. The van der Waals surface area contributed by atoms with Crippen LogP contribution in [0.15, 0.2) is 35.5 Å². The summed E-state index contributed by atoms with van der Waals surface area (Å²) in [5.74, 6) is 7.35. The van der Waals surface area contributed by atoms with Gasteiger partial charge in [-0.2, -0.15) is 0 Å². The third-order valence-electron chi connectivity index (χ3n) is 2.44. The van der Waals surface area contributed by atoms with E-state index in [4.69, 9.17) is 17.2 Å². The van der Waals surface area contributed by atoms with Crippen molar-refractivity contribution in [2.24, 2.45) is 5.73 Å². The summed E-state index contributed by atoms with van der Waals surface area (Å²) in [7, 11) is 0. The standard InChI is InChI=1S/C14H15N5S/c15-7-3-6-10-4-1-2-5-11(10)9-20-14-18-12(16)8-13(17)19-14/h1-2,4-5,8H,7,9,15H2,(H4,16,17,18,19). The van der Waals surface area contributed by atoms with Crippen molar-refractivity contribution in [3.63, 3.8) is 0 Å². The van der Waals surface area contributed by atoms with Gasteiger partial charge >= 0.3 is 0 Å². The summed E-state index contributed by atoms with van der Waals surface area (Å²) in [6.45, 7) is 0.344. The summed E-state index contributed by atoms with van der Waals surface area (Å²) in [5, 5.41) is 0.559. The predicted octanol–water partition coefficient (Wildman–Crippen LogP) is 1.24. The van der Waals surface area contributed by atoms with Gasteiger partial charge in [0.15, 0.2) is 5.16 Å². The van der Waals surface area contributed by atoms with Crippen molar-refractivity contribution in [1.29, 1.82) is 0 Å². The van der Waals surface area contributed by atoms with Crippen LogP contribution in [0.1, 0.15) is 11.1 Å². The summed E-state index contributed by atoms with van der Waals surface area (Å²) in [6.07, 6.45) is 0. The molecule has 0 saturated heterocycles. The lowest BCUT2D eigenvalue weighted by Gasteiger charge is -2.05. The molecule has 20 heavy (non-hydrogen) atoms. The van der Waals surface area contributed by atoms with Crippen LogP contribution in [0.4, 0.5) is 11.6 Å². The van der Waals surface area contributed by atoms with Crippen LogP contribution >= 0.6 is 11.8 Å². The Kier molecular flexibility index (Phi) is 4.82. The Hall–Kier alpha value is -2.23. The van der Waals surface area contributed by atoms with Crippen LogP contribution in [-0.2, 0) is 5.75 Å². The Labute approximate surface area is 122 Å². The summed E-state index contributed by atoms with van der Waals surface area (Å²) < 4.78 is 0. The van der Waals surface area contributed by atoms with Crippen molar-refractivity contribution >= 4 is 23.4 Å². The van der Waals surface area contributed by atoms with E-state index < -0.39 is 0 Å². The van der Waals surface area contributed by atoms with E-state index in [1.807, 2.05) is 24.3 Å². The van der Waals surface area contributed by atoms with Gasteiger partial charge in [-0.3, -0.25) is 0 Å². The molecule has 1 aromatic carbocycles. The van der Waals surface area contributed by atoms with Gasteiger partial charge in [0, 0.05) is 17.4 Å². The molecule has 102 valence electrons. The number of hydrogen-bond acceptors (Lipinski definition) is 6. The maximum atomic E-state index is 5.64. The monoisotopic (exact) mass is 285 g/mol. The van der Waals surface area contributed by atoms with Crippen molar-refractivity contribution in [3.8, 4) is 11.8 Å². The number of nitrogens with two attached hydrogens (primary N) is 3. The van der Waals surface area contributed by atoms with Crippen LogP contribution < -0.4 is 17.2 Å². The van der Waals surface area contributed by atoms with E-state index in [2.05, 4.69) is 21.8 Å². The van der Waals surface area contributed by atoms with Gasteiger partial charge in [0.1, 0.15) is 11.6 Å². The molecular weight excluding hydrogens is 270 g/mol. The highest BCUT2D eigenvalue weighted by Crippen LogP contribution is 2.22. The number of rotatable bonds is 3. The first-order valence-corrected chi connectivity index (χ1v) is 6.97. The average Bonchev–Trinajstić information content (AvgIpc) is 2.43. The average molecular weight is 285 g/mol. The summed E-state index contributed by atoms with van der Waals surface area (Å²) in [5.41, 5.74) is 18.7. The highest BCUT2D eigenvalue weighted by molar-refractivity contribution is 7.98. The number of benzene rings is 1. The minimum atomic E-state index is 0.344. The van der Waals surface area contributed by atoms with E-state index in [9.17, 15) is 0 Å². The van der Waals surface area contributed by atoms with Gasteiger partial charge in [0.05, 0.1) is 6.54 Å². The third kappa shape index (κ3) is 3.88. The highest BCUT2D eigenvalue weighted by atomic mass is 32.2. The topological polar surface area (TPSA) is 104 Å². The summed E-state index contributed by atoms with van der Waals surface area (Å²) in [4.78, 5) is 8.27. The molecule has 2 rings (SSSR count). The van der Waals surface area contributed by atoms with E-state index >= 15 is 0 Å². The lowest BCUT2D eigenvalue weighted by atomic mass is 10.1. The maximum Gasteiger partial charge on any atom is 0.191 e. The van der Waals surface area contributed by atoms with Crippen molar-refractivity contribution in [2.75, 3.05) is 18.0 Å². The molecule has 0 unspecified atom stereocenters. The fourth-order valence-electron chi connectivity index (χ4n) is 1.58. The van der Waals surface area contributed by atoms with Crippen LogP contribution in [0, 0.1) is 11.8 Å². The Morgan fingerprint density at radius 2 is 1.80 bits per heavy atom. The first kappa shape index (κ1) is 14.2. The molecule has 0 spiro atoms. The smallest absolute Gasteiger partial charge is 0.191 e. The molecule has 0 radical (unpaired) electrons. The SMILES string of the molecule is NCC#Cc1ccccc1CSc1nc(N)cc(N)n1. The lowest BCUT2D eigenvalue weighted by molar-refractivity contribution is 0.984. The maximum absolute atomic E-state index is 5.64. The minimum absolute atomic E-state index is 0.344. The van der Waals surface area contributed by atoms with E-state index in [0.29, 0.717) is 29.1 Å². The van der Waals surface area contributed by atoms with Gasteiger partial charge in [-0.1, -0.05) is 41.8 Å². The van der Waals surface area contributed by atoms with E-state index in [1.54, 1.807) is 0 Å². The molecule has 1 aromatic heterocycles. The van der Waals surface area contributed by atoms with Crippen LogP contribution in [0.2, 0.25) is 0 Å². The molecule has 6 heteroatoms. The van der Waals surface area contributed by atoms with Gasteiger partial charge in [-0.15, -0.1) is 0 Å². The summed E-state index contributed by atoms with van der Waals surface area (Å²) in [6, 6.07) is 9.43. The van der Waals surface area contributed by atoms with Crippen molar-refractivity contribution < 1.29 is 0 Å². The third-order valence-corrected chi connectivity index (χ3v) is 3.34. The molecular formula is C14H15N5S. The molecule has 0 aliphatic carbocycles. The zero-order valence-electron chi connectivity index (χ0n) is 10.8. The Morgan fingerprint density at radius 1 is 1.10 bits per heavy atom. The Morgan fingerprint density at radius 3 is 2.50 bits per heavy atom. The van der Waals surface area contributed by atoms with Crippen LogP contribution in [-0.4, -0.2) is 16.5 Å². The fourth-order valence-corrected chi connectivity index (χ4v) is 2.46. The molecule has 0 bridgehead atoms. The van der Waals surface area contributed by atoms with Crippen LogP contribution in [0.5, 0.6) is 0 Å². The first-order valence-electron chi connectivity index (χ1n) is 5.98. The van der Waals surface area contributed by atoms with Gasteiger partial charge in [0.25, 0.3) is 0 Å². The number of nitrogens with zero attached hydrogens (tertiary/aromatic N) is 2. The Bertz CT molecular complexity index is 640. The second kappa shape index (κ2) is 6.80. The van der Waals surface area contributed by atoms with Gasteiger partial charge in [-0.25, -0.2) is 9.97 Å². The van der Waals surface area contributed by atoms with Gasteiger partial charge in [0.2, 0.25) is 0 Å². The van der Waals surface area contributed by atoms with E-state index in [-0.39, 0.29) is 0 Å². The molecule has 5 nitrogen and oxygen atoms in total. The molecule has 0 fully saturated rings. The number of anilines is 2. The molecule has 0 atom stereocenters. The summed E-state index contributed by atoms with van der Waals surface area (Å²) >= 11 is 1.47. The zero-order chi connectivity index (χ0) is 14.4. The van der Waals surface area contributed by atoms with Gasteiger partial charge in [-0.05, 0) is 11.6 Å². The zero-order valence-corrected chi connectivity index (χ0v) is 11.7. The highest BCUT2D eigenvalue weighted by Gasteiger charge is 2.04. The second-order valence-corrected chi connectivity index (χ2v) is 4.89. The molecule has 0 amide bonds. The quantitative estimate of drug-likeness (QED) is 0.445. The predicted molar refractivity (Wildman–Crippen MR) is 82.8 cm³/mol. The molecule has 1 heterocycles. The minimum Gasteiger partial charge on any atom is -0.383 e. The number of hydrogen-bond donors (Lipinski definition) is 3. The van der Waals surface area contributed by atoms with Crippen molar-refractivity contribution in [2.45, 2.75) is 10.9 Å². The second-order valence-electron chi connectivity index (χ2n) is 3.95. The first-order chi connectivity index (χ1) is 9.69. The van der Waals surface area contributed by atoms with Gasteiger partial charge < -0.3 is 17.2 Å². The fraction of sp³-hybridized carbons (Fsp3) is 0.143. The van der Waals surface area contributed by atoms with Crippen molar-refractivity contribution in [1.82, 2.24) is 9.97 Å².